The summed E-state index contributed by atoms with van der Waals surface area (Å²) in [5.41, 5.74) is 2.81. The minimum atomic E-state index is -2.83. The molecule has 0 radical (unpaired) electrons. The second-order valence-corrected chi connectivity index (χ2v) is 6.70. The molecule has 3 N–H and O–H groups in total. The summed E-state index contributed by atoms with van der Waals surface area (Å²) in [5, 5.41) is 0. The SMILES string of the molecule is CCC(CC)C(CCCS(=O)(=O)CC)NN. The maximum Gasteiger partial charge on any atom is 0.150 e. The van der Waals surface area contributed by atoms with E-state index in [1.807, 2.05) is 0 Å². The molecule has 0 aromatic heterocycles. The summed E-state index contributed by atoms with van der Waals surface area (Å²) in [6.07, 6.45) is 3.68. The van der Waals surface area contributed by atoms with Crippen molar-refractivity contribution in [1.82, 2.24) is 5.43 Å². The minimum Gasteiger partial charge on any atom is -0.271 e. The minimum absolute atomic E-state index is 0.235. The van der Waals surface area contributed by atoms with E-state index in [4.69, 9.17) is 5.84 Å². The highest BCUT2D eigenvalue weighted by atomic mass is 32.2. The molecule has 4 nitrogen and oxygen atoms in total. The Bertz CT molecular complexity index is 261. The largest absolute Gasteiger partial charge is 0.271 e. The van der Waals surface area contributed by atoms with Crippen molar-refractivity contribution < 1.29 is 8.42 Å². The molecule has 0 heterocycles. The highest BCUT2D eigenvalue weighted by Crippen LogP contribution is 2.17. The van der Waals surface area contributed by atoms with Gasteiger partial charge in [-0.2, -0.15) is 0 Å². The van der Waals surface area contributed by atoms with E-state index in [0.717, 1.165) is 19.3 Å². The molecule has 0 aliphatic heterocycles. The van der Waals surface area contributed by atoms with Gasteiger partial charge in [0.15, 0.2) is 0 Å². The third-order valence-corrected chi connectivity index (χ3v) is 5.03. The van der Waals surface area contributed by atoms with Crippen LogP contribution in [0.25, 0.3) is 0 Å². The van der Waals surface area contributed by atoms with E-state index in [1.54, 1.807) is 6.92 Å². The summed E-state index contributed by atoms with van der Waals surface area (Å²) in [4.78, 5) is 0. The van der Waals surface area contributed by atoms with Crippen LogP contribution in [0, 0.1) is 5.92 Å². The first-order valence-corrected chi connectivity index (χ1v) is 7.99. The molecule has 0 bridgehead atoms. The molecule has 1 unspecified atom stereocenters. The van der Waals surface area contributed by atoms with Gasteiger partial charge in [-0.1, -0.05) is 33.6 Å². The predicted molar refractivity (Wildman–Crippen MR) is 68.7 cm³/mol. The Kier molecular flexibility index (Phi) is 7.97. The molecule has 0 rings (SSSR count). The van der Waals surface area contributed by atoms with Crippen molar-refractivity contribution in [2.45, 2.75) is 52.5 Å². The average Bonchev–Trinajstić information content (AvgIpc) is 2.28. The first-order valence-electron chi connectivity index (χ1n) is 6.17. The Labute approximate surface area is 99.9 Å². The molecule has 0 saturated carbocycles. The van der Waals surface area contributed by atoms with Gasteiger partial charge >= 0.3 is 0 Å². The molecular weight excluding hydrogens is 224 g/mol. The maximum absolute atomic E-state index is 11.3. The molecule has 98 valence electrons. The van der Waals surface area contributed by atoms with E-state index >= 15 is 0 Å². The number of nitrogens with two attached hydrogens (primary N) is 1. The Morgan fingerprint density at radius 1 is 1.19 bits per heavy atom. The van der Waals surface area contributed by atoms with Crippen molar-refractivity contribution in [1.29, 1.82) is 0 Å². The number of sulfone groups is 1. The molecule has 0 spiro atoms. The van der Waals surface area contributed by atoms with Crippen LogP contribution in [0.2, 0.25) is 0 Å². The molecule has 0 aromatic rings. The van der Waals surface area contributed by atoms with Crippen LogP contribution in [0.3, 0.4) is 0 Å². The van der Waals surface area contributed by atoms with Gasteiger partial charge in [0.25, 0.3) is 0 Å². The Balaban J connectivity index is 4.06. The highest BCUT2D eigenvalue weighted by molar-refractivity contribution is 7.91. The van der Waals surface area contributed by atoms with Gasteiger partial charge in [0, 0.05) is 11.8 Å². The van der Waals surface area contributed by atoms with Crippen LogP contribution in [0.5, 0.6) is 0 Å². The maximum atomic E-state index is 11.3. The third-order valence-electron chi connectivity index (χ3n) is 3.24. The Morgan fingerprint density at radius 2 is 1.75 bits per heavy atom. The first-order chi connectivity index (χ1) is 7.50. The fourth-order valence-electron chi connectivity index (χ4n) is 1.98. The van der Waals surface area contributed by atoms with Crippen molar-refractivity contribution in [2.75, 3.05) is 11.5 Å². The summed E-state index contributed by atoms with van der Waals surface area (Å²) >= 11 is 0. The molecule has 0 aliphatic rings. The molecule has 1 atom stereocenters. The summed E-state index contributed by atoms with van der Waals surface area (Å²) in [5.74, 6) is 6.56. The molecule has 16 heavy (non-hydrogen) atoms. The zero-order valence-corrected chi connectivity index (χ0v) is 11.5. The van der Waals surface area contributed by atoms with Gasteiger partial charge in [0.1, 0.15) is 9.84 Å². The van der Waals surface area contributed by atoms with Gasteiger partial charge in [-0.05, 0) is 18.8 Å². The lowest BCUT2D eigenvalue weighted by Gasteiger charge is -2.24. The van der Waals surface area contributed by atoms with Crippen LogP contribution < -0.4 is 11.3 Å². The smallest absolute Gasteiger partial charge is 0.150 e. The van der Waals surface area contributed by atoms with E-state index in [9.17, 15) is 8.42 Å². The van der Waals surface area contributed by atoms with Crippen molar-refractivity contribution in [3.8, 4) is 0 Å². The number of hydrazine groups is 1. The van der Waals surface area contributed by atoms with Gasteiger partial charge in [-0.15, -0.1) is 0 Å². The van der Waals surface area contributed by atoms with Crippen molar-refractivity contribution in [2.24, 2.45) is 11.8 Å². The van der Waals surface area contributed by atoms with Crippen LogP contribution >= 0.6 is 0 Å². The van der Waals surface area contributed by atoms with E-state index in [1.165, 1.54) is 0 Å². The van der Waals surface area contributed by atoms with Crippen LogP contribution in [0.4, 0.5) is 0 Å². The van der Waals surface area contributed by atoms with E-state index in [2.05, 4.69) is 19.3 Å². The number of nitrogens with one attached hydrogen (secondary N) is 1. The summed E-state index contributed by atoms with van der Waals surface area (Å²) < 4.78 is 22.7. The van der Waals surface area contributed by atoms with Gasteiger partial charge in [0.2, 0.25) is 0 Å². The lowest BCUT2D eigenvalue weighted by molar-refractivity contribution is 0.319. The zero-order chi connectivity index (χ0) is 12.6. The molecule has 0 aromatic carbocycles. The van der Waals surface area contributed by atoms with Gasteiger partial charge < -0.3 is 0 Å². The van der Waals surface area contributed by atoms with Crippen molar-refractivity contribution in [3.05, 3.63) is 0 Å². The molecular formula is C11H26N2O2S. The lowest BCUT2D eigenvalue weighted by atomic mass is 9.92. The zero-order valence-electron chi connectivity index (χ0n) is 10.7. The predicted octanol–water partition coefficient (Wildman–Crippen LogP) is 1.47. The highest BCUT2D eigenvalue weighted by Gasteiger charge is 2.17. The van der Waals surface area contributed by atoms with E-state index in [-0.39, 0.29) is 17.5 Å². The third kappa shape index (κ3) is 5.82. The number of rotatable bonds is 9. The normalized spacial score (nSPS) is 14.3. The molecule has 0 saturated heterocycles. The van der Waals surface area contributed by atoms with Crippen LogP contribution in [0.1, 0.15) is 46.5 Å². The number of hydrogen-bond acceptors (Lipinski definition) is 4. The standard InChI is InChI=1S/C11H26N2O2S/c1-4-10(5-2)11(13-12)8-7-9-16(14,15)6-3/h10-11,13H,4-9,12H2,1-3H3. The van der Waals surface area contributed by atoms with Gasteiger partial charge in [-0.3, -0.25) is 11.3 Å². The molecule has 0 fully saturated rings. The van der Waals surface area contributed by atoms with Crippen molar-refractivity contribution in [3.63, 3.8) is 0 Å². The fourth-order valence-corrected chi connectivity index (χ4v) is 2.88. The fraction of sp³-hybridized carbons (Fsp3) is 1.00. The average molecular weight is 250 g/mol. The van der Waals surface area contributed by atoms with Crippen LogP contribution in [-0.4, -0.2) is 26.0 Å². The van der Waals surface area contributed by atoms with E-state index < -0.39 is 9.84 Å². The topological polar surface area (TPSA) is 72.2 Å². The van der Waals surface area contributed by atoms with Crippen LogP contribution in [0.15, 0.2) is 0 Å². The summed E-state index contributed by atoms with van der Waals surface area (Å²) in [6.45, 7) is 5.97. The monoisotopic (exact) mass is 250 g/mol. The van der Waals surface area contributed by atoms with Gasteiger partial charge in [0.05, 0.1) is 5.75 Å². The molecule has 5 heteroatoms. The second kappa shape index (κ2) is 8.03. The van der Waals surface area contributed by atoms with E-state index in [0.29, 0.717) is 12.3 Å². The Hall–Kier alpha value is -0.130. The molecule has 0 amide bonds. The van der Waals surface area contributed by atoms with Crippen molar-refractivity contribution >= 4 is 9.84 Å². The first kappa shape index (κ1) is 15.9. The summed E-state index contributed by atoms with van der Waals surface area (Å²) in [7, 11) is -2.83. The quantitative estimate of drug-likeness (QED) is 0.480. The second-order valence-electron chi connectivity index (χ2n) is 4.23. The van der Waals surface area contributed by atoms with Gasteiger partial charge in [-0.25, -0.2) is 8.42 Å². The van der Waals surface area contributed by atoms with Crippen LogP contribution in [-0.2, 0) is 9.84 Å². The lowest BCUT2D eigenvalue weighted by Crippen LogP contribution is -2.40. The Morgan fingerprint density at radius 3 is 2.12 bits per heavy atom. The molecule has 0 aliphatic carbocycles. The number of hydrogen-bond donors (Lipinski definition) is 2. The summed E-state index contributed by atoms with van der Waals surface area (Å²) in [6, 6.07) is 0.238.